The zero-order valence-corrected chi connectivity index (χ0v) is 17.0. The molecular weight excluding hydrogens is 374 g/mol. The average Bonchev–Trinajstić information content (AvgIpc) is 2.73. The van der Waals surface area contributed by atoms with E-state index in [9.17, 15) is 4.79 Å². The van der Waals surface area contributed by atoms with Gasteiger partial charge in [0.05, 0.1) is 12.1 Å². The van der Waals surface area contributed by atoms with E-state index in [1.807, 2.05) is 66.6 Å². The number of methoxy groups -OCH3 is 1. The maximum Gasteiger partial charge on any atom is 0.251 e. The predicted molar refractivity (Wildman–Crippen MR) is 113 cm³/mol. The van der Waals surface area contributed by atoms with E-state index < -0.39 is 0 Å². The molecule has 1 fully saturated rings. The molecule has 1 aromatic heterocycles. The molecule has 2 atom stereocenters. The third kappa shape index (κ3) is 6.60. The van der Waals surface area contributed by atoms with E-state index in [1.54, 1.807) is 7.11 Å². The van der Waals surface area contributed by atoms with Crippen molar-refractivity contribution in [2.45, 2.75) is 29.9 Å². The van der Waals surface area contributed by atoms with Gasteiger partial charge in [-0.25, -0.2) is 0 Å². The third-order valence-corrected chi connectivity index (χ3v) is 5.93. The third-order valence-electron chi connectivity index (χ3n) is 4.84. The zero-order valence-electron chi connectivity index (χ0n) is 16.2. The Morgan fingerprint density at radius 3 is 2.71 bits per heavy atom. The van der Waals surface area contributed by atoms with Crippen LogP contribution >= 0.6 is 11.8 Å². The van der Waals surface area contributed by atoms with Gasteiger partial charge in [0.15, 0.2) is 0 Å². The Bertz CT molecular complexity index is 703. The minimum atomic E-state index is -0.0233. The van der Waals surface area contributed by atoms with Crippen LogP contribution in [-0.2, 0) is 4.74 Å². The standard InChI is InChI=1S/C21H27N3O2S.H2O/c1-26-20-16-24(13-5-15-27-18-8-11-22-12-9-18)14-10-19(20)23-21(25)17-6-3-2-4-7-17;/h2-4,6-9,11-12,19-20H,5,10,13-16H2,1H3,(H,23,25);1H2. The lowest BCUT2D eigenvalue weighted by Crippen LogP contribution is -2.54. The lowest BCUT2D eigenvalue weighted by molar-refractivity contribution is 0.00658. The van der Waals surface area contributed by atoms with E-state index in [0.717, 1.165) is 38.2 Å². The summed E-state index contributed by atoms with van der Waals surface area (Å²) in [5.74, 6) is 1.07. The van der Waals surface area contributed by atoms with Gasteiger partial charge in [-0.2, -0.15) is 0 Å². The number of amides is 1. The summed E-state index contributed by atoms with van der Waals surface area (Å²) in [6, 6.07) is 13.5. The number of carbonyl (C=O) groups excluding carboxylic acids is 1. The number of nitrogens with one attached hydrogen (secondary N) is 1. The van der Waals surface area contributed by atoms with Gasteiger partial charge in [-0.1, -0.05) is 18.2 Å². The summed E-state index contributed by atoms with van der Waals surface area (Å²) in [5, 5.41) is 3.14. The van der Waals surface area contributed by atoms with Crippen LogP contribution in [0.15, 0.2) is 59.8 Å². The van der Waals surface area contributed by atoms with Gasteiger partial charge in [0.2, 0.25) is 0 Å². The average molecular weight is 404 g/mol. The number of benzene rings is 1. The van der Waals surface area contributed by atoms with Gasteiger partial charge < -0.3 is 20.4 Å². The number of ether oxygens (including phenoxy) is 1. The quantitative estimate of drug-likeness (QED) is 0.540. The lowest BCUT2D eigenvalue weighted by atomic mass is 10.0. The summed E-state index contributed by atoms with van der Waals surface area (Å²) in [6.45, 7) is 2.90. The maximum atomic E-state index is 12.4. The molecule has 2 unspecified atom stereocenters. The minimum Gasteiger partial charge on any atom is -0.412 e. The van der Waals surface area contributed by atoms with E-state index in [-0.39, 0.29) is 23.5 Å². The van der Waals surface area contributed by atoms with Crippen molar-refractivity contribution in [3.05, 3.63) is 60.4 Å². The fraction of sp³-hybridized carbons (Fsp3) is 0.429. The number of hydrogen-bond donors (Lipinski definition) is 1. The molecule has 1 aliphatic rings. The highest BCUT2D eigenvalue weighted by Crippen LogP contribution is 2.19. The Balaban J connectivity index is 0.00000280. The van der Waals surface area contributed by atoms with E-state index in [0.29, 0.717) is 5.56 Å². The molecule has 0 spiro atoms. The first-order chi connectivity index (χ1) is 13.3. The second kappa shape index (κ2) is 11.8. The number of nitrogens with zero attached hydrogens (tertiary/aromatic N) is 2. The highest BCUT2D eigenvalue weighted by atomic mass is 32.2. The van der Waals surface area contributed by atoms with E-state index in [2.05, 4.69) is 15.2 Å². The lowest BCUT2D eigenvalue weighted by Gasteiger charge is -2.38. The molecular formula is C21H29N3O3S. The second-order valence-corrected chi connectivity index (χ2v) is 7.86. The van der Waals surface area contributed by atoms with Crippen molar-refractivity contribution in [2.75, 3.05) is 32.5 Å². The van der Waals surface area contributed by atoms with Crippen LogP contribution in [0.1, 0.15) is 23.2 Å². The molecule has 0 aliphatic carbocycles. The summed E-state index contributed by atoms with van der Waals surface area (Å²) in [5.41, 5.74) is 0.697. The van der Waals surface area contributed by atoms with Crippen molar-refractivity contribution in [1.82, 2.24) is 15.2 Å². The molecule has 3 rings (SSSR count). The fourth-order valence-corrected chi connectivity index (χ4v) is 4.16. The number of piperidine rings is 1. The van der Waals surface area contributed by atoms with E-state index in [4.69, 9.17) is 4.74 Å². The number of hydrogen-bond acceptors (Lipinski definition) is 5. The molecule has 2 heterocycles. The van der Waals surface area contributed by atoms with Crippen molar-refractivity contribution in [2.24, 2.45) is 0 Å². The van der Waals surface area contributed by atoms with Gasteiger partial charge in [-0.15, -0.1) is 11.8 Å². The highest BCUT2D eigenvalue weighted by molar-refractivity contribution is 7.99. The second-order valence-electron chi connectivity index (χ2n) is 6.69. The maximum absolute atomic E-state index is 12.4. The molecule has 7 heteroatoms. The van der Waals surface area contributed by atoms with Crippen LogP contribution in [0, 0.1) is 0 Å². The summed E-state index contributed by atoms with van der Waals surface area (Å²) in [6.07, 6.45) is 5.73. The van der Waals surface area contributed by atoms with Crippen LogP contribution in [-0.4, -0.2) is 65.9 Å². The Labute approximate surface area is 171 Å². The van der Waals surface area contributed by atoms with Gasteiger partial charge >= 0.3 is 0 Å². The van der Waals surface area contributed by atoms with Crippen LogP contribution in [0.5, 0.6) is 0 Å². The van der Waals surface area contributed by atoms with Crippen LogP contribution in [0.25, 0.3) is 0 Å². The van der Waals surface area contributed by atoms with Crippen molar-refractivity contribution in [1.29, 1.82) is 0 Å². The van der Waals surface area contributed by atoms with Gasteiger partial charge in [-0.3, -0.25) is 9.78 Å². The number of thioether (sulfide) groups is 1. The molecule has 1 saturated heterocycles. The van der Waals surface area contributed by atoms with Crippen LogP contribution in [0.4, 0.5) is 0 Å². The molecule has 3 N–H and O–H groups in total. The van der Waals surface area contributed by atoms with Crippen molar-refractivity contribution < 1.29 is 15.0 Å². The smallest absolute Gasteiger partial charge is 0.251 e. The number of pyridine rings is 1. The number of likely N-dealkylation sites (tertiary alicyclic amines) is 1. The van der Waals surface area contributed by atoms with Crippen LogP contribution in [0.2, 0.25) is 0 Å². The summed E-state index contributed by atoms with van der Waals surface area (Å²) in [4.78, 5) is 20.2. The molecule has 6 nitrogen and oxygen atoms in total. The normalized spacial score (nSPS) is 19.6. The van der Waals surface area contributed by atoms with Crippen LogP contribution in [0.3, 0.4) is 0 Å². The molecule has 1 amide bonds. The van der Waals surface area contributed by atoms with Crippen molar-refractivity contribution in [3.8, 4) is 0 Å². The SMILES string of the molecule is COC1CN(CCCSc2ccncc2)CCC1NC(=O)c1ccccc1.O. The minimum absolute atomic E-state index is 0. The first kappa shape index (κ1) is 22.4. The van der Waals surface area contributed by atoms with Crippen molar-refractivity contribution in [3.63, 3.8) is 0 Å². The zero-order chi connectivity index (χ0) is 18.9. The fourth-order valence-electron chi connectivity index (χ4n) is 3.34. The summed E-state index contributed by atoms with van der Waals surface area (Å²) >= 11 is 1.87. The van der Waals surface area contributed by atoms with Gasteiger partial charge in [0.25, 0.3) is 5.91 Å². The topological polar surface area (TPSA) is 86.0 Å². The Kier molecular flexibility index (Phi) is 9.43. The molecule has 1 aromatic carbocycles. The number of carbonyl (C=O) groups is 1. The first-order valence-electron chi connectivity index (χ1n) is 9.40. The van der Waals surface area contributed by atoms with E-state index >= 15 is 0 Å². The monoisotopic (exact) mass is 403 g/mol. The largest absolute Gasteiger partial charge is 0.412 e. The molecule has 152 valence electrons. The molecule has 28 heavy (non-hydrogen) atoms. The predicted octanol–water partition coefficient (Wildman–Crippen LogP) is 2.26. The molecule has 2 aromatic rings. The first-order valence-corrected chi connectivity index (χ1v) is 10.4. The Morgan fingerprint density at radius 2 is 2.00 bits per heavy atom. The molecule has 1 aliphatic heterocycles. The van der Waals surface area contributed by atoms with Crippen molar-refractivity contribution >= 4 is 17.7 Å². The summed E-state index contributed by atoms with van der Waals surface area (Å²) in [7, 11) is 1.73. The molecule has 0 bridgehead atoms. The number of rotatable bonds is 8. The Hall–Kier alpha value is -1.93. The number of aromatic nitrogens is 1. The van der Waals surface area contributed by atoms with Gasteiger partial charge in [0, 0.05) is 43.1 Å². The Morgan fingerprint density at radius 1 is 1.25 bits per heavy atom. The van der Waals surface area contributed by atoms with Gasteiger partial charge in [0.1, 0.15) is 0 Å². The molecule has 0 radical (unpaired) electrons. The van der Waals surface area contributed by atoms with Crippen LogP contribution < -0.4 is 5.32 Å². The summed E-state index contributed by atoms with van der Waals surface area (Å²) < 4.78 is 5.68. The molecule has 0 saturated carbocycles. The van der Waals surface area contributed by atoms with Gasteiger partial charge in [-0.05, 0) is 49.4 Å². The van der Waals surface area contributed by atoms with E-state index in [1.165, 1.54) is 4.90 Å². The highest BCUT2D eigenvalue weighted by Gasteiger charge is 2.30.